The zero-order valence-corrected chi connectivity index (χ0v) is 36.0. The van der Waals surface area contributed by atoms with Gasteiger partial charge in [-0.25, -0.2) is 9.59 Å². The second kappa shape index (κ2) is 14.5. The number of methoxy groups -OCH3 is 2. The molecule has 6 aliphatic rings. The molecule has 0 atom stereocenters. The Morgan fingerprint density at radius 2 is 0.800 bits per heavy atom. The van der Waals surface area contributed by atoms with Gasteiger partial charge < -0.3 is 14.2 Å². The lowest BCUT2D eigenvalue weighted by Crippen LogP contribution is -2.28. The number of esters is 2. The van der Waals surface area contributed by atoms with Gasteiger partial charge >= 0.3 is 11.9 Å². The van der Waals surface area contributed by atoms with Gasteiger partial charge in [0.05, 0.1) is 25.3 Å². The Kier molecular flexibility index (Phi) is 9.60. The molecule has 0 spiro atoms. The number of hydrogen-bond donors (Lipinski definition) is 0. The maximum atomic E-state index is 12.2. The van der Waals surface area contributed by atoms with Crippen molar-refractivity contribution in [2.45, 2.75) is 30.3 Å². The van der Waals surface area contributed by atoms with E-state index in [1.54, 1.807) is 12.1 Å². The first-order valence-corrected chi connectivity index (χ1v) is 20.9. The van der Waals surface area contributed by atoms with Gasteiger partial charge in [-0.15, -0.1) is 0 Å². The van der Waals surface area contributed by atoms with Gasteiger partial charge in [0.1, 0.15) is 6.61 Å². The highest BCUT2D eigenvalue weighted by Crippen LogP contribution is 2.57. The van der Waals surface area contributed by atoms with Crippen LogP contribution < -0.4 is 0 Å². The predicted molar refractivity (Wildman–Crippen MR) is 234 cm³/mol. The van der Waals surface area contributed by atoms with Crippen molar-refractivity contribution in [3.05, 3.63) is 203 Å². The molecule has 9 heteroatoms. The summed E-state index contributed by atoms with van der Waals surface area (Å²) in [5.74, 6) is -0.216. The van der Waals surface area contributed by atoms with Gasteiger partial charge in [-0.1, -0.05) is 48.5 Å². The van der Waals surface area contributed by atoms with Crippen LogP contribution in [0.2, 0.25) is 0 Å². The molecule has 0 heterocycles. The lowest BCUT2D eigenvalue weighted by molar-refractivity contribution is -0.129. The molecule has 6 aromatic carbocycles. The van der Waals surface area contributed by atoms with Gasteiger partial charge in [0.25, 0.3) is 6.47 Å². The third kappa shape index (κ3) is 6.03. The van der Waals surface area contributed by atoms with Crippen molar-refractivity contribution < 1.29 is 28.6 Å². The standard InChI is InChI=1S/C26H20O6.C20H11I3/c1-30-25(28)15-4-7-18-21(10-15)24-20-9-14(12-32-13-27)3-6-17(20)23(18)19-8-5-16(11-22(19)24)26(29)31-2;21-10-1-4-13-16(7-10)20-17-8-11(22)2-5-14(17)19(13)15-6-3-12(23)9-18(15)20/h3-11,13,23-24H,12H2,1-2H3;1-9,19-20H. The first-order chi connectivity index (χ1) is 26.7. The van der Waals surface area contributed by atoms with E-state index < -0.39 is 11.9 Å². The highest BCUT2D eigenvalue weighted by molar-refractivity contribution is 14.1. The number of halogens is 3. The molecule has 272 valence electrons. The fourth-order valence-corrected chi connectivity index (χ4v) is 10.8. The molecule has 0 aliphatic heterocycles. The van der Waals surface area contributed by atoms with Crippen LogP contribution in [0.1, 0.15) is 117 Å². The van der Waals surface area contributed by atoms with Gasteiger partial charge in [0.2, 0.25) is 0 Å². The maximum Gasteiger partial charge on any atom is 0.337 e. The third-order valence-corrected chi connectivity index (χ3v) is 13.4. The summed E-state index contributed by atoms with van der Waals surface area (Å²) in [5.41, 5.74) is 17.4. The zero-order valence-electron chi connectivity index (χ0n) is 29.6. The molecule has 0 saturated heterocycles. The lowest BCUT2D eigenvalue weighted by atomic mass is 9.60. The Morgan fingerprint density at radius 1 is 0.473 bits per heavy atom. The van der Waals surface area contributed by atoms with Crippen LogP contribution in [0.25, 0.3) is 0 Å². The molecule has 6 aromatic rings. The molecule has 6 aliphatic carbocycles. The number of carbonyl (C=O) groups excluding carboxylic acids is 3. The van der Waals surface area contributed by atoms with E-state index in [-0.39, 0.29) is 18.4 Å². The number of hydrogen-bond acceptors (Lipinski definition) is 6. The minimum atomic E-state index is -0.397. The van der Waals surface area contributed by atoms with E-state index in [0.717, 1.165) is 33.4 Å². The van der Waals surface area contributed by atoms with Crippen LogP contribution in [0.15, 0.2) is 109 Å². The monoisotopic (exact) mass is 1060 g/mol. The highest BCUT2D eigenvalue weighted by Gasteiger charge is 2.43. The average molecular weight is 1060 g/mol. The summed E-state index contributed by atoms with van der Waals surface area (Å²) in [4.78, 5) is 35.1. The van der Waals surface area contributed by atoms with Gasteiger partial charge in [0.15, 0.2) is 0 Å². The van der Waals surface area contributed by atoms with Crippen LogP contribution in [-0.4, -0.2) is 32.6 Å². The lowest BCUT2D eigenvalue weighted by Gasteiger charge is -2.42. The molecule has 0 N–H and O–H groups in total. The Hall–Kier alpha value is -4.08. The molecule has 55 heavy (non-hydrogen) atoms. The Morgan fingerprint density at radius 3 is 1.18 bits per heavy atom. The quantitative estimate of drug-likeness (QED) is 0.0740. The number of carbonyl (C=O) groups is 3. The molecule has 0 unspecified atom stereocenters. The van der Waals surface area contributed by atoms with Crippen molar-refractivity contribution >= 4 is 86.2 Å². The van der Waals surface area contributed by atoms with Crippen LogP contribution in [0.5, 0.6) is 0 Å². The number of rotatable bonds is 5. The topological polar surface area (TPSA) is 78.9 Å². The summed E-state index contributed by atoms with van der Waals surface area (Å²) in [6.07, 6.45) is 0. The molecule has 0 fully saturated rings. The Labute approximate surface area is 359 Å². The number of ether oxygens (including phenoxy) is 3. The first-order valence-electron chi connectivity index (χ1n) is 17.7. The van der Waals surface area contributed by atoms with Gasteiger partial charge in [-0.2, -0.15) is 0 Å². The van der Waals surface area contributed by atoms with Crippen molar-refractivity contribution in [1.82, 2.24) is 0 Å². The van der Waals surface area contributed by atoms with Gasteiger partial charge in [-0.3, -0.25) is 4.79 Å². The minimum absolute atomic E-state index is 0.0283. The van der Waals surface area contributed by atoms with Crippen molar-refractivity contribution in [3.63, 3.8) is 0 Å². The fourth-order valence-electron chi connectivity index (χ4n) is 9.21. The predicted octanol–water partition coefficient (Wildman–Crippen LogP) is 10.4. The normalized spacial score (nSPS) is 18.2. The second-order valence-electron chi connectivity index (χ2n) is 14.1. The summed E-state index contributed by atoms with van der Waals surface area (Å²) in [6.45, 7) is 0.611. The third-order valence-electron chi connectivity index (χ3n) is 11.4. The van der Waals surface area contributed by atoms with Crippen molar-refractivity contribution in [3.8, 4) is 0 Å². The van der Waals surface area contributed by atoms with Crippen molar-refractivity contribution in [2.75, 3.05) is 14.2 Å². The van der Waals surface area contributed by atoms with Crippen LogP contribution >= 0.6 is 67.8 Å². The van der Waals surface area contributed by atoms with Crippen molar-refractivity contribution in [2.24, 2.45) is 0 Å². The van der Waals surface area contributed by atoms with E-state index in [4.69, 9.17) is 14.2 Å². The largest absolute Gasteiger partial charge is 0.465 e. The first kappa shape index (κ1) is 36.6. The van der Waals surface area contributed by atoms with Gasteiger partial charge in [-0.05, 0) is 201 Å². The minimum Gasteiger partial charge on any atom is -0.465 e. The summed E-state index contributed by atoms with van der Waals surface area (Å²) in [7, 11) is 2.72. The summed E-state index contributed by atoms with van der Waals surface area (Å²) in [5, 5.41) is 0. The Balaban J connectivity index is 0.000000152. The molecule has 0 amide bonds. The van der Waals surface area contributed by atoms with E-state index in [1.165, 1.54) is 63.9 Å². The van der Waals surface area contributed by atoms with Gasteiger partial charge in [0, 0.05) is 34.4 Å². The van der Waals surface area contributed by atoms with E-state index in [2.05, 4.69) is 128 Å². The molecule has 4 bridgehead atoms. The summed E-state index contributed by atoms with van der Waals surface area (Å²) >= 11 is 7.31. The van der Waals surface area contributed by atoms with E-state index in [9.17, 15) is 14.4 Å². The average Bonchev–Trinajstić information content (AvgIpc) is 3.21. The highest BCUT2D eigenvalue weighted by atomic mass is 127. The molecular weight excluding hydrogens is 1030 g/mol. The molecule has 0 saturated carbocycles. The zero-order chi connectivity index (χ0) is 38.1. The van der Waals surface area contributed by atoms with E-state index in [0.29, 0.717) is 29.4 Å². The fraction of sp³-hybridized carbons (Fsp3) is 0.152. The van der Waals surface area contributed by atoms with Crippen LogP contribution in [-0.2, 0) is 25.6 Å². The molecule has 0 radical (unpaired) electrons. The van der Waals surface area contributed by atoms with Crippen molar-refractivity contribution in [1.29, 1.82) is 0 Å². The summed E-state index contributed by atoms with van der Waals surface area (Å²) < 4.78 is 18.8. The van der Waals surface area contributed by atoms with Crippen LogP contribution in [0.3, 0.4) is 0 Å². The van der Waals surface area contributed by atoms with Crippen LogP contribution in [0, 0.1) is 10.7 Å². The van der Waals surface area contributed by atoms with E-state index >= 15 is 0 Å². The Bertz CT molecular complexity index is 2420. The molecule has 6 nitrogen and oxygen atoms in total. The second-order valence-corrected chi connectivity index (χ2v) is 17.8. The maximum absolute atomic E-state index is 12.2. The molecule has 12 rings (SSSR count). The SMILES string of the molecule is COC(=O)c1ccc2c(c1)C1c3cc(COC=O)ccc3C2c2ccc(C(=O)OC)cc21.Ic1ccc2c(c1)C1c3cc(I)ccc3C2c2ccc(I)cc21. The van der Waals surface area contributed by atoms with Crippen LogP contribution in [0.4, 0.5) is 0 Å². The van der Waals surface area contributed by atoms with E-state index in [1.807, 2.05) is 36.4 Å². The number of benzene rings is 6. The smallest absolute Gasteiger partial charge is 0.337 e. The summed E-state index contributed by atoms with van der Waals surface area (Å²) in [6, 6.07) is 38.3. The molecule has 0 aromatic heterocycles. The molecular formula is C46H31I3O6.